The van der Waals surface area contributed by atoms with E-state index >= 15 is 0 Å². The van der Waals surface area contributed by atoms with Crippen LogP contribution in [0.1, 0.15) is 25.0 Å². The van der Waals surface area contributed by atoms with Gasteiger partial charge in [0.25, 0.3) is 0 Å². The number of nitrogens with two attached hydrogens (primary N) is 1. The molecule has 0 spiro atoms. The van der Waals surface area contributed by atoms with Crippen LogP contribution in [-0.4, -0.2) is 43.7 Å². The molecular weight excluding hydrogens is 352 g/mol. The van der Waals surface area contributed by atoms with Crippen LogP contribution in [0.2, 0.25) is 0 Å². The van der Waals surface area contributed by atoms with Gasteiger partial charge in [0, 0.05) is 24.7 Å². The predicted octanol–water partition coefficient (Wildman–Crippen LogP) is 3.27. The number of benzene rings is 2. The summed E-state index contributed by atoms with van der Waals surface area (Å²) in [4.78, 5) is 7.07. The number of aliphatic imine (C=N–C) groups is 1. The third kappa shape index (κ3) is 4.57. The Kier molecular flexibility index (Phi) is 6.09. The molecule has 1 aliphatic rings. The summed E-state index contributed by atoms with van der Waals surface area (Å²) in [7, 11) is 3.25. The van der Waals surface area contributed by atoms with Crippen molar-refractivity contribution in [2.75, 3.05) is 32.6 Å². The Hall–Kier alpha value is -2.73. The number of hydrogen-bond acceptors (Lipinski definition) is 4. The van der Waals surface area contributed by atoms with Crippen LogP contribution >= 0.6 is 0 Å². The molecule has 0 aromatic heterocycles. The molecule has 0 fully saturated rings. The second-order valence-corrected chi connectivity index (χ2v) is 7.65. The van der Waals surface area contributed by atoms with E-state index in [2.05, 4.69) is 53.3 Å². The monoisotopic (exact) mass is 382 g/mol. The van der Waals surface area contributed by atoms with E-state index in [1.807, 2.05) is 18.2 Å². The number of ether oxygens (including phenoxy) is 2. The van der Waals surface area contributed by atoms with Gasteiger partial charge in [0.2, 0.25) is 0 Å². The molecule has 28 heavy (non-hydrogen) atoms. The molecule has 0 atom stereocenters. The van der Waals surface area contributed by atoms with Crippen LogP contribution in [0.25, 0.3) is 0 Å². The number of fused-ring (bicyclic) bond motifs is 1. The maximum absolute atomic E-state index is 6.16. The van der Waals surface area contributed by atoms with E-state index in [0.29, 0.717) is 18.3 Å². The van der Waals surface area contributed by atoms with Crippen molar-refractivity contribution in [3.8, 4) is 11.5 Å². The Balaban J connectivity index is 1.67. The molecule has 0 bridgehead atoms. The summed E-state index contributed by atoms with van der Waals surface area (Å²) < 4.78 is 10.7. The lowest BCUT2D eigenvalue weighted by Gasteiger charge is -2.40. The molecule has 2 aromatic carbocycles. The molecule has 0 aliphatic carbocycles. The minimum Gasteiger partial charge on any atom is -0.497 e. The fourth-order valence-corrected chi connectivity index (χ4v) is 3.48. The SMILES string of the molecule is COc1ccc(OC)c(NC(N)=NCC(C)(C)N2CCc3ccccc3C2)c1. The van der Waals surface area contributed by atoms with Gasteiger partial charge in [0.1, 0.15) is 11.5 Å². The lowest BCUT2D eigenvalue weighted by molar-refractivity contribution is 0.112. The number of anilines is 1. The fourth-order valence-electron chi connectivity index (χ4n) is 3.48. The van der Waals surface area contributed by atoms with Gasteiger partial charge in [-0.3, -0.25) is 9.89 Å². The third-order valence-electron chi connectivity index (χ3n) is 5.29. The Labute approximate surface area is 167 Å². The minimum absolute atomic E-state index is 0.0989. The topological polar surface area (TPSA) is 72.1 Å². The van der Waals surface area contributed by atoms with Gasteiger partial charge in [0.05, 0.1) is 26.5 Å². The lowest BCUT2D eigenvalue weighted by atomic mass is 9.94. The van der Waals surface area contributed by atoms with E-state index in [0.717, 1.165) is 30.9 Å². The molecule has 0 unspecified atom stereocenters. The maximum Gasteiger partial charge on any atom is 0.193 e. The second-order valence-electron chi connectivity index (χ2n) is 7.65. The molecule has 2 aromatic rings. The molecule has 3 rings (SSSR count). The summed E-state index contributed by atoms with van der Waals surface area (Å²) in [5.41, 5.74) is 9.64. The van der Waals surface area contributed by atoms with Crippen LogP contribution in [0.5, 0.6) is 11.5 Å². The number of nitrogens with zero attached hydrogens (tertiary/aromatic N) is 2. The van der Waals surface area contributed by atoms with E-state index < -0.39 is 0 Å². The molecule has 3 N–H and O–H groups in total. The summed E-state index contributed by atoms with van der Waals surface area (Å²) >= 11 is 0. The number of hydrogen-bond donors (Lipinski definition) is 2. The Morgan fingerprint density at radius 2 is 1.89 bits per heavy atom. The van der Waals surface area contributed by atoms with Gasteiger partial charge in [-0.05, 0) is 43.5 Å². The van der Waals surface area contributed by atoms with Gasteiger partial charge >= 0.3 is 0 Å². The van der Waals surface area contributed by atoms with Gasteiger partial charge in [-0.15, -0.1) is 0 Å². The van der Waals surface area contributed by atoms with E-state index in [1.54, 1.807) is 14.2 Å². The number of nitrogens with one attached hydrogen (secondary N) is 1. The van der Waals surface area contributed by atoms with Crippen molar-refractivity contribution in [2.24, 2.45) is 10.7 Å². The van der Waals surface area contributed by atoms with E-state index in [9.17, 15) is 0 Å². The summed E-state index contributed by atoms with van der Waals surface area (Å²) in [5.74, 6) is 1.77. The van der Waals surface area contributed by atoms with Crippen LogP contribution in [0.4, 0.5) is 5.69 Å². The van der Waals surface area contributed by atoms with Gasteiger partial charge in [0.15, 0.2) is 5.96 Å². The van der Waals surface area contributed by atoms with Crippen molar-refractivity contribution in [1.29, 1.82) is 0 Å². The standard InChI is InChI=1S/C22H30N4O2/c1-22(2,26-12-11-16-7-5-6-8-17(16)14-26)15-24-21(23)25-19-13-18(27-3)9-10-20(19)28-4/h5-10,13H,11-12,14-15H2,1-4H3,(H3,23,24,25). The summed E-state index contributed by atoms with van der Waals surface area (Å²) in [6.07, 6.45) is 1.07. The van der Waals surface area contributed by atoms with Gasteiger partial charge in [-0.2, -0.15) is 0 Å². The Bertz CT molecular complexity index is 848. The molecule has 1 aliphatic heterocycles. The van der Waals surface area contributed by atoms with Crippen molar-refractivity contribution in [2.45, 2.75) is 32.4 Å². The van der Waals surface area contributed by atoms with E-state index in [4.69, 9.17) is 15.2 Å². The quantitative estimate of drug-likeness (QED) is 0.593. The van der Waals surface area contributed by atoms with Gasteiger partial charge in [-0.1, -0.05) is 24.3 Å². The molecule has 1 heterocycles. The average molecular weight is 383 g/mol. The van der Waals surface area contributed by atoms with E-state index in [1.165, 1.54) is 11.1 Å². The first-order valence-corrected chi connectivity index (χ1v) is 9.54. The van der Waals surface area contributed by atoms with Crippen molar-refractivity contribution in [3.05, 3.63) is 53.6 Å². The lowest BCUT2D eigenvalue weighted by Crippen LogP contribution is -2.49. The summed E-state index contributed by atoms with van der Waals surface area (Å²) in [5, 5.41) is 3.13. The van der Waals surface area contributed by atoms with Crippen LogP contribution in [-0.2, 0) is 13.0 Å². The van der Waals surface area contributed by atoms with Crippen LogP contribution in [0.15, 0.2) is 47.5 Å². The first kappa shape index (κ1) is 20.0. The number of rotatable bonds is 6. The summed E-state index contributed by atoms with van der Waals surface area (Å²) in [6, 6.07) is 14.2. The third-order valence-corrected chi connectivity index (χ3v) is 5.29. The fraction of sp³-hybridized carbons (Fsp3) is 0.409. The van der Waals surface area contributed by atoms with Crippen molar-refractivity contribution >= 4 is 11.6 Å². The molecule has 6 heteroatoms. The number of guanidine groups is 1. The van der Waals surface area contributed by atoms with Gasteiger partial charge in [-0.25, -0.2) is 0 Å². The molecule has 6 nitrogen and oxygen atoms in total. The Morgan fingerprint density at radius 3 is 2.61 bits per heavy atom. The van der Waals surface area contributed by atoms with Crippen LogP contribution < -0.4 is 20.5 Å². The smallest absolute Gasteiger partial charge is 0.193 e. The van der Waals surface area contributed by atoms with Crippen LogP contribution in [0, 0.1) is 0 Å². The predicted molar refractivity (Wildman–Crippen MR) is 114 cm³/mol. The Morgan fingerprint density at radius 1 is 1.14 bits per heavy atom. The van der Waals surface area contributed by atoms with E-state index in [-0.39, 0.29) is 5.54 Å². The highest BCUT2D eigenvalue weighted by Crippen LogP contribution is 2.29. The van der Waals surface area contributed by atoms with Crippen molar-refractivity contribution in [1.82, 2.24) is 4.90 Å². The second kappa shape index (κ2) is 8.52. The normalized spacial score (nSPS) is 15.1. The molecular formula is C22H30N4O2. The molecule has 150 valence electrons. The highest BCUT2D eigenvalue weighted by Gasteiger charge is 2.29. The zero-order valence-electron chi connectivity index (χ0n) is 17.2. The molecule has 0 amide bonds. The maximum atomic E-state index is 6.16. The zero-order valence-corrected chi connectivity index (χ0v) is 17.2. The molecule has 0 radical (unpaired) electrons. The van der Waals surface area contributed by atoms with Crippen LogP contribution in [0.3, 0.4) is 0 Å². The van der Waals surface area contributed by atoms with Crippen molar-refractivity contribution < 1.29 is 9.47 Å². The molecule has 0 saturated carbocycles. The summed E-state index contributed by atoms with van der Waals surface area (Å²) in [6.45, 7) is 6.99. The highest BCUT2D eigenvalue weighted by molar-refractivity contribution is 5.94. The zero-order chi connectivity index (χ0) is 20.1. The highest BCUT2D eigenvalue weighted by atomic mass is 16.5. The van der Waals surface area contributed by atoms with Gasteiger partial charge < -0.3 is 20.5 Å². The number of methoxy groups -OCH3 is 2. The largest absolute Gasteiger partial charge is 0.497 e. The minimum atomic E-state index is -0.0989. The first-order chi connectivity index (χ1) is 13.4. The average Bonchev–Trinajstić information content (AvgIpc) is 2.72. The van der Waals surface area contributed by atoms with Crippen molar-refractivity contribution in [3.63, 3.8) is 0 Å². The molecule has 0 saturated heterocycles. The first-order valence-electron chi connectivity index (χ1n) is 9.54.